The van der Waals surface area contributed by atoms with Crippen LogP contribution in [0, 0.1) is 0 Å². The minimum absolute atomic E-state index is 0.202. The molecule has 2 rings (SSSR count). The van der Waals surface area contributed by atoms with Crippen molar-refractivity contribution in [2.75, 3.05) is 0 Å². The summed E-state index contributed by atoms with van der Waals surface area (Å²) in [6, 6.07) is 7.30. The van der Waals surface area contributed by atoms with Crippen LogP contribution in [0.5, 0.6) is 11.5 Å². The van der Waals surface area contributed by atoms with Gasteiger partial charge in [-0.2, -0.15) is 0 Å². The molecule has 0 amide bonds. The molecule has 0 spiro atoms. The number of carbonyl (C=O) groups is 3. The van der Waals surface area contributed by atoms with Crippen molar-refractivity contribution in [3.63, 3.8) is 0 Å². The van der Waals surface area contributed by atoms with E-state index in [4.69, 9.17) is 10.2 Å². The van der Waals surface area contributed by atoms with Crippen molar-refractivity contribution >= 4 is 17.7 Å². The van der Waals surface area contributed by atoms with E-state index in [1.807, 2.05) is 0 Å². The number of aromatic hydroxyl groups is 2. The first kappa shape index (κ1) is 15.0. The highest BCUT2D eigenvalue weighted by Crippen LogP contribution is 2.32. The molecule has 0 saturated heterocycles. The zero-order chi connectivity index (χ0) is 16.4. The Morgan fingerprint density at radius 2 is 1.32 bits per heavy atom. The smallest absolute Gasteiger partial charge is 0.343 e. The SMILES string of the molecule is O=C(O)c1ccccc1C(=O)c1ccc(O)c(C(=O)O)c1O. The van der Waals surface area contributed by atoms with Crippen LogP contribution in [0.25, 0.3) is 0 Å². The van der Waals surface area contributed by atoms with Crippen molar-refractivity contribution in [2.45, 2.75) is 0 Å². The first-order valence-corrected chi connectivity index (χ1v) is 5.99. The van der Waals surface area contributed by atoms with Gasteiger partial charge in [-0.1, -0.05) is 18.2 Å². The molecule has 4 N–H and O–H groups in total. The number of benzene rings is 2. The van der Waals surface area contributed by atoms with Gasteiger partial charge in [0.05, 0.1) is 11.1 Å². The first-order valence-electron chi connectivity index (χ1n) is 5.99. The summed E-state index contributed by atoms with van der Waals surface area (Å²) in [6.07, 6.45) is 0. The molecule has 0 bridgehead atoms. The minimum Gasteiger partial charge on any atom is -0.507 e. The van der Waals surface area contributed by atoms with Crippen molar-refractivity contribution in [3.8, 4) is 11.5 Å². The maximum absolute atomic E-state index is 12.4. The van der Waals surface area contributed by atoms with E-state index < -0.39 is 40.3 Å². The largest absolute Gasteiger partial charge is 0.507 e. The molecule has 22 heavy (non-hydrogen) atoms. The lowest BCUT2D eigenvalue weighted by molar-refractivity contribution is 0.0679. The van der Waals surface area contributed by atoms with Gasteiger partial charge < -0.3 is 20.4 Å². The zero-order valence-electron chi connectivity index (χ0n) is 11.0. The standard InChI is InChI=1S/C15H10O7/c16-10-6-5-9(13(18)11(10)15(21)22)12(17)7-3-1-2-4-8(7)14(19)20/h1-6,16,18H,(H,19,20)(H,21,22). The van der Waals surface area contributed by atoms with Gasteiger partial charge >= 0.3 is 11.9 Å². The third-order valence-electron chi connectivity index (χ3n) is 3.02. The predicted molar refractivity (Wildman–Crippen MR) is 73.6 cm³/mol. The molecule has 7 heteroatoms. The Kier molecular flexibility index (Phi) is 3.81. The maximum Gasteiger partial charge on any atom is 0.343 e. The number of hydrogen-bond acceptors (Lipinski definition) is 5. The molecule has 0 saturated carbocycles. The van der Waals surface area contributed by atoms with E-state index in [0.717, 1.165) is 12.1 Å². The fourth-order valence-corrected chi connectivity index (χ4v) is 1.99. The van der Waals surface area contributed by atoms with E-state index in [-0.39, 0.29) is 11.1 Å². The van der Waals surface area contributed by atoms with Gasteiger partial charge in [0.1, 0.15) is 17.1 Å². The van der Waals surface area contributed by atoms with Crippen LogP contribution in [0.2, 0.25) is 0 Å². The molecule has 2 aromatic rings. The summed E-state index contributed by atoms with van der Waals surface area (Å²) in [5, 5.41) is 37.3. The average molecular weight is 302 g/mol. The second-order valence-electron chi connectivity index (χ2n) is 4.34. The summed E-state index contributed by atoms with van der Waals surface area (Å²) >= 11 is 0. The van der Waals surface area contributed by atoms with Gasteiger partial charge in [-0.25, -0.2) is 9.59 Å². The lowest BCUT2D eigenvalue weighted by atomic mass is 9.96. The molecule has 0 unspecified atom stereocenters. The third kappa shape index (κ3) is 2.47. The highest BCUT2D eigenvalue weighted by atomic mass is 16.4. The van der Waals surface area contributed by atoms with Crippen LogP contribution in [0.3, 0.4) is 0 Å². The van der Waals surface area contributed by atoms with Crippen LogP contribution in [-0.2, 0) is 0 Å². The highest BCUT2D eigenvalue weighted by molar-refractivity contribution is 6.16. The van der Waals surface area contributed by atoms with Crippen LogP contribution in [0.1, 0.15) is 36.6 Å². The Morgan fingerprint density at radius 1 is 0.727 bits per heavy atom. The van der Waals surface area contributed by atoms with Crippen molar-refractivity contribution in [3.05, 3.63) is 58.7 Å². The van der Waals surface area contributed by atoms with E-state index in [1.54, 1.807) is 0 Å². The Morgan fingerprint density at radius 3 is 1.86 bits per heavy atom. The summed E-state index contributed by atoms with van der Waals surface area (Å²) in [4.78, 5) is 34.5. The number of carbonyl (C=O) groups excluding carboxylic acids is 1. The second kappa shape index (κ2) is 5.57. The molecular formula is C15H10O7. The first-order chi connectivity index (χ1) is 10.3. The number of aromatic carboxylic acids is 2. The molecule has 0 atom stereocenters. The Labute approximate surface area is 123 Å². The topological polar surface area (TPSA) is 132 Å². The van der Waals surface area contributed by atoms with Crippen LogP contribution >= 0.6 is 0 Å². The molecule has 2 aromatic carbocycles. The summed E-state index contributed by atoms with van der Waals surface area (Å²) < 4.78 is 0. The predicted octanol–water partition coefficient (Wildman–Crippen LogP) is 1.73. The zero-order valence-corrected chi connectivity index (χ0v) is 11.0. The summed E-state index contributed by atoms with van der Waals surface area (Å²) in [5.74, 6) is -5.43. The number of hydrogen-bond donors (Lipinski definition) is 4. The maximum atomic E-state index is 12.4. The number of phenols is 2. The van der Waals surface area contributed by atoms with Crippen molar-refractivity contribution in [1.29, 1.82) is 0 Å². The van der Waals surface area contributed by atoms with Crippen molar-refractivity contribution in [2.24, 2.45) is 0 Å². The van der Waals surface area contributed by atoms with Gasteiger partial charge in [-0.3, -0.25) is 4.79 Å². The van der Waals surface area contributed by atoms with Crippen molar-refractivity contribution in [1.82, 2.24) is 0 Å². The van der Waals surface area contributed by atoms with Crippen LogP contribution in [0.15, 0.2) is 36.4 Å². The molecule has 7 nitrogen and oxygen atoms in total. The molecule has 0 radical (unpaired) electrons. The van der Waals surface area contributed by atoms with Gasteiger partial charge in [0.25, 0.3) is 0 Å². The molecule has 0 aliphatic carbocycles. The van der Waals surface area contributed by atoms with Crippen LogP contribution in [0.4, 0.5) is 0 Å². The summed E-state index contributed by atoms with van der Waals surface area (Å²) in [6.45, 7) is 0. The van der Waals surface area contributed by atoms with Gasteiger partial charge in [0.2, 0.25) is 0 Å². The van der Waals surface area contributed by atoms with E-state index in [1.165, 1.54) is 24.3 Å². The average Bonchev–Trinajstić information content (AvgIpc) is 2.46. The summed E-state index contributed by atoms with van der Waals surface area (Å²) in [5.41, 5.74) is -1.72. The Hall–Kier alpha value is -3.35. The quantitative estimate of drug-likeness (QED) is 0.632. The van der Waals surface area contributed by atoms with Crippen molar-refractivity contribution < 1.29 is 34.8 Å². The molecule has 0 aliphatic rings. The lowest BCUT2D eigenvalue weighted by Crippen LogP contribution is -2.11. The van der Waals surface area contributed by atoms with Gasteiger partial charge in [0.15, 0.2) is 5.78 Å². The molecule has 112 valence electrons. The molecule has 0 aliphatic heterocycles. The Bertz CT molecular complexity index is 792. The fraction of sp³-hybridized carbons (Fsp3) is 0. The van der Waals surface area contributed by atoms with E-state index in [9.17, 15) is 24.6 Å². The molecule has 0 heterocycles. The van der Waals surface area contributed by atoms with Gasteiger partial charge in [0, 0.05) is 5.56 Å². The van der Waals surface area contributed by atoms with E-state index in [2.05, 4.69) is 0 Å². The summed E-state index contributed by atoms with van der Waals surface area (Å²) in [7, 11) is 0. The number of ketones is 1. The monoisotopic (exact) mass is 302 g/mol. The minimum atomic E-state index is -1.61. The highest BCUT2D eigenvalue weighted by Gasteiger charge is 2.25. The van der Waals surface area contributed by atoms with Gasteiger partial charge in [-0.05, 0) is 18.2 Å². The number of rotatable bonds is 4. The molecular weight excluding hydrogens is 292 g/mol. The Balaban J connectivity index is 2.64. The normalized spacial score (nSPS) is 10.2. The lowest BCUT2D eigenvalue weighted by Gasteiger charge is -2.09. The molecule has 0 fully saturated rings. The van der Waals surface area contributed by atoms with E-state index >= 15 is 0 Å². The second-order valence-corrected chi connectivity index (χ2v) is 4.34. The van der Waals surface area contributed by atoms with Gasteiger partial charge in [-0.15, -0.1) is 0 Å². The number of carboxylic acid groups (broad SMARTS) is 2. The fourth-order valence-electron chi connectivity index (χ4n) is 1.99. The number of carboxylic acids is 2. The third-order valence-corrected chi connectivity index (χ3v) is 3.02. The van der Waals surface area contributed by atoms with Crippen LogP contribution in [-0.4, -0.2) is 38.1 Å². The molecule has 0 aromatic heterocycles. The van der Waals surface area contributed by atoms with E-state index in [0.29, 0.717) is 0 Å². The van der Waals surface area contributed by atoms with Crippen LogP contribution < -0.4 is 0 Å².